The molecule has 1 unspecified atom stereocenters. The molecule has 0 bridgehead atoms. The van der Waals surface area contributed by atoms with Gasteiger partial charge in [0.05, 0.1) is 6.04 Å². The summed E-state index contributed by atoms with van der Waals surface area (Å²) in [6.45, 7) is 1.72. The van der Waals surface area contributed by atoms with Crippen LogP contribution < -0.4 is 10.6 Å². The van der Waals surface area contributed by atoms with Crippen LogP contribution in [0.25, 0.3) is 0 Å². The lowest BCUT2D eigenvalue weighted by Gasteiger charge is -2.26. The Hall–Kier alpha value is -1.72. The average Bonchev–Trinajstić information content (AvgIpc) is 2.60. The van der Waals surface area contributed by atoms with Crippen molar-refractivity contribution in [2.45, 2.75) is 18.9 Å². The van der Waals surface area contributed by atoms with Crippen molar-refractivity contribution in [3.8, 4) is 0 Å². The molecule has 1 saturated heterocycles. The summed E-state index contributed by atoms with van der Waals surface area (Å²) in [5, 5.41) is 6.38. The Morgan fingerprint density at radius 1 is 1.12 bits per heavy atom. The number of amides is 1. The van der Waals surface area contributed by atoms with E-state index in [1.807, 2.05) is 30.3 Å². The van der Waals surface area contributed by atoms with Gasteiger partial charge in [-0.25, -0.2) is 4.39 Å². The van der Waals surface area contributed by atoms with Crippen molar-refractivity contribution >= 4 is 21.8 Å². The highest BCUT2D eigenvalue weighted by atomic mass is 79.9. The van der Waals surface area contributed by atoms with Gasteiger partial charge in [-0.1, -0.05) is 40.2 Å². The predicted octanol–water partition coefficient (Wildman–Crippen LogP) is 3.79. The number of halogens is 2. The van der Waals surface area contributed by atoms with E-state index in [-0.39, 0.29) is 23.7 Å². The quantitative estimate of drug-likeness (QED) is 0.833. The molecule has 3 nitrogen and oxygen atoms in total. The molecule has 1 amide bonds. The second kappa shape index (κ2) is 7.90. The van der Waals surface area contributed by atoms with Crippen LogP contribution in [-0.4, -0.2) is 19.0 Å². The minimum absolute atomic E-state index is 0.00876. The highest BCUT2D eigenvalue weighted by Gasteiger charge is 2.25. The molecule has 2 aromatic carbocycles. The van der Waals surface area contributed by atoms with E-state index in [2.05, 4.69) is 26.6 Å². The molecule has 1 aliphatic heterocycles. The Morgan fingerprint density at radius 3 is 2.46 bits per heavy atom. The number of carbonyl (C=O) groups is 1. The maximum atomic E-state index is 13.7. The molecule has 2 N–H and O–H groups in total. The van der Waals surface area contributed by atoms with Crippen molar-refractivity contribution in [1.29, 1.82) is 0 Å². The summed E-state index contributed by atoms with van der Waals surface area (Å²) in [5.41, 5.74) is 1.67. The molecule has 2 aromatic rings. The number of nitrogens with one attached hydrogen (secondary N) is 2. The van der Waals surface area contributed by atoms with Gasteiger partial charge in [0.25, 0.3) is 0 Å². The number of hydrogen-bond acceptors (Lipinski definition) is 2. The number of rotatable bonds is 4. The minimum atomic E-state index is -0.361. The SMILES string of the molecule is O=C(NC(c1cccc(F)c1)c1cccc(Br)c1)C1CCNCC1. The third kappa shape index (κ3) is 4.22. The first kappa shape index (κ1) is 17.1. The summed E-state index contributed by atoms with van der Waals surface area (Å²) >= 11 is 3.47. The van der Waals surface area contributed by atoms with Crippen LogP contribution in [0.2, 0.25) is 0 Å². The van der Waals surface area contributed by atoms with Crippen LogP contribution >= 0.6 is 15.9 Å². The zero-order valence-electron chi connectivity index (χ0n) is 13.3. The maximum Gasteiger partial charge on any atom is 0.223 e. The summed E-state index contributed by atoms with van der Waals surface area (Å²) < 4.78 is 14.6. The zero-order chi connectivity index (χ0) is 16.9. The summed E-state index contributed by atoms with van der Waals surface area (Å²) in [6, 6.07) is 13.8. The first-order valence-corrected chi connectivity index (χ1v) is 8.95. The Bertz CT molecular complexity index is 671. The van der Waals surface area contributed by atoms with E-state index in [4.69, 9.17) is 0 Å². The molecule has 1 atom stereocenters. The van der Waals surface area contributed by atoms with Crippen molar-refractivity contribution in [1.82, 2.24) is 10.6 Å². The molecule has 0 saturated carbocycles. The first-order chi connectivity index (χ1) is 11.6. The Morgan fingerprint density at radius 2 is 1.79 bits per heavy atom. The van der Waals surface area contributed by atoms with E-state index in [0.717, 1.165) is 41.5 Å². The predicted molar refractivity (Wildman–Crippen MR) is 96.1 cm³/mol. The van der Waals surface area contributed by atoms with Gasteiger partial charge in [-0.2, -0.15) is 0 Å². The molecule has 0 aromatic heterocycles. The summed E-state index contributed by atoms with van der Waals surface area (Å²) in [7, 11) is 0. The van der Waals surface area contributed by atoms with Gasteiger partial charge in [0.1, 0.15) is 5.82 Å². The van der Waals surface area contributed by atoms with Gasteiger partial charge in [-0.3, -0.25) is 4.79 Å². The lowest BCUT2D eigenvalue weighted by molar-refractivity contribution is -0.126. The standard InChI is InChI=1S/C19H20BrFN2O/c20-16-5-1-3-14(11-16)18(15-4-2-6-17(21)12-15)23-19(24)13-7-9-22-10-8-13/h1-6,11-13,18,22H,7-10H2,(H,23,24). The van der Waals surface area contributed by atoms with Crippen molar-refractivity contribution in [3.05, 3.63) is 69.9 Å². The fraction of sp³-hybridized carbons (Fsp3) is 0.316. The van der Waals surface area contributed by atoms with E-state index in [1.54, 1.807) is 6.07 Å². The molecule has 5 heteroatoms. The number of carbonyl (C=O) groups excluding carboxylic acids is 1. The van der Waals surface area contributed by atoms with Gasteiger partial charge in [-0.05, 0) is 61.3 Å². The Kier molecular flexibility index (Phi) is 5.63. The van der Waals surface area contributed by atoms with Crippen LogP contribution in [0, 0.1) is 11.7 Å². The van der Waals surface area contributed by atoms with Gasteiger partial charge < -0.3 is 10.6 Å². The second-order valence-electron chi connectivity index (χ2n) is 6.08. The van der Waals surface area contributed by atoms with Crippen LogP contribution in [0.3, 0.4) is 0 Å². The van der Waals surface area contributed by atoms with Crippen molar-refractivity contribution in [2.24, 2.45) is 5.92 Å². The van der Waals surface area contributed by atoms with Gasteiger partial charge in [0, 0.05) is 10.4 Å². The van der Waals surface area contributed by atoms with Gasteiger partial charge in [0.2, 0.25) is 5.91 Å². The highest BCUT2D eigenvalue weighted by molar-refractivity contribution is 9.10. The Labute approximate surface area is 149 Å². The van der Waals surface area contributed by atoms with Crippen molar-refractivity contribution in [2.75, 3.05) is 13.1 Å². The van der Waals surface area contributed by atoms with Crippen LogP contribution in [0.15, 0.2) is 53.0 Å². The second-order valence-corrected chi connectivity index (χ2v) is 6.99. The Balaban J connectivity index is 1.88. The number of piperidine rings is 1. The van der Waals surface area contributed by atoms with Crippen molar-refractivity contribution < 1.29 is 9.18 Å². The molecular weight excluding hydrogens is 371 g/mol. The van der Waals surface area contributed by atoms with E-state index in [1.165, 1.54) is 12.1 Å². The van der Waals surface area contributed by atoms with E-state index in [0.29, 0.717) is 0 Å². The van der Waals surface area contributed by atoms with Gasteiger partial charge >= 0.3 is 0 Å². The number of hydrogen-bond donors (Lipinski definition) is 2. The number of benzene rings is 2. The van der Waals surface area contributed by atoms with E-state index >= 15 is 0 Å². The molecular formula is C19H20BrFN2O. The van der Waals surface area contributed by atoms with Crippen molar-refractivity contribution in [3.63, 3.8) is 0 Å². The molecule has 0 radical (unpaired) electrons. The topological polar surface area (TPSA) is 41.1 Å². The lowest BCUT2D eigenvalue weighted by Crippen LogP contribution is -2.40. The molecule has 1 aliphatic rings. The van der Waals surface area contributed by atoms with Crippen LogP contribution in [0.4, 0.5) is 4.39 Å². The third-order valence-corrected chi connectivity index (χ3v) is 4.85. The molecule has 0 aliphatic carbocycles. The molecule has 1 heterocycles. The lowest BCUT2D eigenvalue weighted by atomic mass is 9.94. The summed E-state index contributed by atoms with van der Waals surface area (Å²) in [6.07, 6.45) is 1.67. The first-order valence-electron chi connectivity index (χ1n) is 8.15. The molecule has 24 heavy (non-hydrogen) atoms. The van der Waals surface area contributed by atoms with Gasteiger partial charge in [0.15, 0.2) is 0 Å². The van der Waals surface area contributed by atoms with Gasteiger partial charge in [-0.15, -0.1) is 0 Å². The summed E-state index contributed by atoms with van der Waals surface area (Å²) in [5.74, 6) is -0.260. The molecule has 126 valence electrons. The third-order valence-electron chi connectivity index (χ3n) is 4.36. The molecule has 0 spiro atoms. The summed E-state index contributed by atoms with van der Waals surface area (Å²) in [4.78, 5) is 12.7. The monoisotopic (exact) mass is 390 g/mol. The molecule has 1 fully saturated rings. The van der Waals surface area contributed by atoms with Crippen LogP contribution in [0.5, 0.6) is 0 Å². The smallest absolute Gasteiger partial charge is 0.223 e. The highest BCUT2D eigenvalue weighted by Crippen LogP contribution is 2.26. The maximum absolute atomic E-state index is 13.7. The van der Waals surface area contributed by atoms with E-state index < -0.39 is 0 Å². The molecule has 3 rings (SSSR count). The van der Waals surface area contributed by atoms with E-state index in [9.17, 15) is 9.18 Å². The minimum Gasteiger partial charge on any atom is -0.345 e. The van der Waals surface area contributed by atoms with Crippen LogP contribution in [0.1, 0.15) is 30.0 Å². The average molecular weight is 391 g/mol. The largest absolute Gasteiger partial charge is 0.345 e. The van der Waals surface area contributed by atoms with Crippen LogP contribution in [-0.2, 0) is 4.79 Å². The fourth-order valence-corrected chi connectivity index (χ4v) is 3.49. The zero-order valence-corrected chi connectivity index (χ0v) is 14.9. The normalized spacial score (nSPS) is 16.6. The fourth-order valence-electron chi connectivity index (χ4n) is 3.08.